The smallest absolute Gasteiger partial charge is 0.308 e. The van der Waals surface area contributed by atoms with E-state index in [1.165, 1.54) is 11.3 Å². The highest BCUT2D eigenvalue weighted by molar-refractivity contribution is 7.12. The summed E-state index contributed by atoms with van der Waals surface area (Å²) >= 11 is 1.28. The van der Waals surface area contributed by atoms with Gasteiger partial charge in [-0.3, -0.25) is 30.1 Å². The first-order chi connectivity index (χ1) is 9.97. The number of rotatable bonds is 4. The summed E-state index contributed by atoms with van der Waals surface area (Å²) in [4.78, 5) is 36.7. The SMILES string of the molecule is CC1CN(CC(=O)NNC(=O)c2cccs2)CC1C(=O)O. The van der Waals surface area contributed by atoms with Crippen LogP contribution in [0.3, 0.4) is 0 Å². The molecule has 21 heavy (non-hydrogen) atoms. The van der Waals surface area contributed by atoms with E-state index in [2.05, 4.69) is 10.9 Å². The van der Waals surface area contributed by atoms with Crippen LogP contribution in [0.2, 0.25) is 0 Å². The van der Waals surface area contributed by atoms with Gasteiger partial charge in [-0.05, 0) is 17.4 Å². The molecule has 0 spiro atoms. The number of carboxylic acids is 1. The second-order valence-corrected chi connectivity index (χ2v) is 6.04. The molecular formula is C13H17N3O4S. The van der Waals surface area contributed by atoms with Gasteiger partial charge in [-0.15, -0.1) is 11.3 Å². The Hall–Kier alpha value is -1.93. The molecule has 2 amide bonds. The third-order valence-corrected chi connectivity index (χ3v) is 4.30. The van der Waals surface area contributed by atoms with Gasteiger partial charge in [0.15, 0.2) is 0 Å². The normalized spacial score (nSPS) is 22.0. The number of amides is 2. The third kappa shape index (κ3) is 4.02. The molecule has 0 aliphatic carbocycles. The minimum absolute atomic E-state index is 0.0102. The number of hydrazine groups is 1. The number of likely N-dealkylation sites (tertiary alicyclic amines) is 1. The Bertz CT molecular complexity index is 532. The Balaban J connectivity index is 1.75. The van der Waals surface area contributed by atoms with Crippen LogP contribution >= 0.6 is 11.3 Å². The van der Waals surface area contributed by atoms with Gasteiger partial charge in [0.25, 0.3) is 11.8 Å². The predicted molar refractivity (Wildman–Crippen MR) is 76.7 cm³/mol. The lowest BCUT2D eigenvalue weighted by atomic mass is 9.99. The molecule has 3 N–H and O–H groups in total. The minimum atomic E-state index is -0.837. The molecule has 2 unspecified atom stereocenters. The summed E-state index contributed by atoms with van der Waals surface area (Å²) in [6, 6.07) is 3.41. The van der Waals surface area contributed by atoms with Crippen LogP contribution in [0.25, 0.3) is 0 Å². The molecule has 1 aliphatic rings. The zero-order valence-electron chi connectivity index (χ0n) is 11.5. The van der Waals surface area contributed by atoms with Gasteiger partial charge >= 0.3 is 5.97 Å². The summed E-state index contributed by atoms with van der Waals surface area (Å²) in [5.41, 5.74) is 4.67. The van der Waals surface area contributed by atoms with Crippen molar-refractivity contribution < 1.29 is 19.5 Å². The number of carbonyl (C=O) groups excluding carboxylic acids is 2. The van der Waals surface area contributed by atoms with Crippen LogP contribution in [0.1, 0.15) is 16.6 Å². The summed E-state index contributed by atoms with van der Waals surface area (Å²) in [7, 11) is 0. The maximum atomic E-state index is 11.7. The second-order valence-electron chi connectivity index (χ2n) is 5.10. The molecule has 1 saturated heterocycles. The van der Waals surface area contributed by atoms with Crippen molar-refractivity contribution in [1.29, 1.82) is 0 Å². The Morgan fingerprint density at radius 3 is 2.71 bits per heavy atom. The molecule has 2 atom stereocenters. The molecule has 2 rings (SSSR count). The quantitative estimate of drug-likeness (QED) is 0.688. The van der Waals surface area contributed by atoms with Crippen LogP contribution in [-0.2, 0) is 9.59 Å². The third-order valence-electron chi connectivity index (χ3n) is 3.43. The number of aliphatic carboxylic acids is 1. The van der Waals surface area contributed by atoms with Crippen molar-refractivity contribution in [3.05, 3.63) is 22.4 Å². The van der Waals surface area contributed by atoms with E-state index in [-0.39, 0.29) is 24.3 Å². The van der Waals surface area contributed by atoms with Crippen molar-refractivity contribution >= 4 is 29.1 Å². The minimum Gasteiger partial charge on any atom is -0.481 e. The molecule has 0 bridgehead atoms. The van der Waals surface area contributed by atoms with E-state index in [1.54, 1.807) is 22.4 Å². The average Bonchev–Trinajstić information content (AvgIpc) is 3.05. The van der Waals surface area contributed by atoms with Crippen molar-refractivity contribution in [2.75, 3.05) is 19.6 Å². The molecule has 8 heteroatoms. The Labute approximate surface area is 125 Å². The van der Waals surface area contributed by atoms with E-state index in [0.717, 1.165) is 0 Å². The first-order valence-corrected chi connectivity index (χ1v) is 7.43. The van der Waals surface area contributed by atoms with Gasteiger partial charge in [-0.25, -0.2) is 0 Å². The second kappa shape index (κ2) is 6.68. The predicted octanol–water partition coefficient (Wildman–Crippen LogP) is 0.162. The number of hydrogen-bond donors (Lipinski definition) is 3. The topological polar surface area (TPSA) is 98.7 Å². The number of thiophene rings is 1. The molecule has 2 heterocycles. The van der Waals surface area contributed by atoms with Gasteiger partial charge in [0.2, 0.25) is 0 Å². The zero-order valence-corrected chi connectivity index (χ0v) is 12.4. The lowest BCUT2D eigenvalue weighted by Crippen LogP contribution is -2.46. The van der Waals surface area contributed by atoms with E-state index in [1.807, 2.05) is 6.92 Å². The number of carbonyl (C=O) groups is 3. The van der Waals surface area contributed by atoms with E-state index >= 15 is 0 Å². The summed E-state index contributed by atoms with van der Waals surface area (Å²) in [5.74, 6) is -2.00. The maximum Gasteiger partial charge on any atom is 0.308 e. The van der Waals surface area contributed by atoms with Crippen molar-refractivity contribution in [2.45, 2.75) is 6.92 Å². The van der Waals surface area contributed by atoms with Crippen LogP contribution in [0, 0.1) is 11.8 Å². The molecule has 0 aromatic carbocycles. The lowest BCUT2D eigenvalue weighted by Gasteiger charge is -2.14. The highest BCUT2D eigenvalue weighted by Crippen LogP contribution is 2.22. The van der Waals surface area contributed by atoms with Gasteiger partial charge < -0.3 is 5.11 Å². The summed E-state index contributed by atoms with van der Waals surface area (Å²) in [6.45, 7) is 2.83. The highest BCUT2D eigenvalue weighted by Gasteiger charge is 2.35. The Morgan fingerprint density at radius 2 is 2.14 bits per heavy atom. The number of carboxylic acid groups (broad SMARTS) is 1. The molecule has 1 aromatic rings. The van der Waals surface area contributed by atoms with Gasteiger partial charge in [0.05, 0.1) is 17.3 Å². The molecule has 114 valence electrons. The average molecular weight is 311 g/mol. The summed E-state index contributed by atoms with van der Waals surface area (Å²) in [6.07, 6.45) is 0. The Morgan fingerprint density at radius 1 is 1.38 bits per heavy atom. The molecule has 0 saturated carbocycles. The largest absolute Gasteiger partial charge is 0.481 e. The van der Waals surface area contributed by atoms with Crippen molar-refractivity contribution in [3.63, 3.8) is 0 Å². The van der Waals surface area contributed by atoms with Crippen molar-refractivity contribution in [3.8, 4) is 0 Å². The molecule has 7 nitrogen and oxygen atoms in total. The standard InChI is InChI=1S/C13H17N3O4S/c1-8-5-16(6-9(8)13(19)20)7-11(17)14-15-12(18)10-3-2-4-21-10/h2-4,8-9H,5-7H2,1H3,(H,14,17)(H,15,18)(H,19,20). The molecular weight excluding hydrogens is 294 g/mol. The van der Waals surface area contributed by atoms with Crippen LogP contribution in [0.15, 0.2) is 17.5 Å². The number of nitrogens with one attached hydrogen (secondary N) is 2. The van der Waals surface area contributed by atoms with E-state index in [0.29, 0.717) is 18.0 Å². The molecule has 1 aromatic heterocycles. The van der Waals surface area contributed by atoms with Crippen molar-refractivity contribution in [2.24, 2.45) is 11.8 Å². The molecule has 1 aliphatic heterocycles. The van der Waals surface area contributed by atoms with Gasteiger partial charge in [-0.2, -0.15) is 0 Å². The van der Waals surface area contributed by atoms with Gasteiger partial charge in [0, 0.05) is 13.1 Å². The van der Waals surface area contributed by atoms with Crippen LogP contribution in [0.4, 0.5) is 0 Å². The fraction of sp³-hybridized carbons (Fsp3) is 0.462. The summed E-state index contributed by atoms with van der Waals surface area (Å²) in [5, 5.41) is 10.8. The summed E-state index contributed by atoms with van der Waals surface area (Å²) < 4.78 is 0. The van der Waals surface area contributed by atoms with E-state index in [4.69, 9.17) is 5.11 Å². The fourth-order valence-electron chi connectivity index (χ4n) is 2.36. The first-order valence-electron chi connectivity index (χ1n) is 6.55. The van der Waals surface area contributed by atoms with Crippen molar-refractivity contribution in [1.82, 2.24) is 15.8 Å². The fourth-order valence-corrected chi connectivity index (χ4v) is 2.98. The molecule has 0 radical (unpaired) electrons. The first kappa shape index (κ1) is 15.5. The monoisotopic (exact) mass is 311 g/mol. The number of hydrogen-bond acceptors (Lipinski definition) is 5. The number of nitrogens with zero attached hydrogens (tertiary/aromatic N) is 1. The van der Waals surface area contributed by atoms with E-state index < -0.39 is 11.9 Å². The van der Waals surface area contributed by atoms with Crippen LogP contribution < -0.4 is 10.9 Å². The zero-order chi connectivity index (χ0) is 15.4. The Kier molecular flexibility index (Phi) is 4.92. The van der Waals surface area contributed by atoms with Crippen LogP contribution in [0.5, 0.6) is 0 Å². The highest BCUT2D eigenvalue weighted by atomic mass is 32.1. The maximum absolute atomic E-state index is 11.7. The van der Waals surface area contributed by atoms with Gasteiger partial charge in [0.1, 0.15) is 0 Å². The van der Waals surface area contributed by atoms with E-state index in [9.17, 15) is 14.4 Å². The lowest BCUT2D eigenvalue weighted by molar-refractivity contribution is -0.142. The van der Waals surface area contributed by atoms with Crippen LogP contribution in [-0.4, -0.2) is 47.4 Å². The van der Waals surface area contributed by atoms with Gasteiger partial charge in [-0.1, -0.05) is 13.0 Å². The molecule has 1 fully saturated rings.